The SMILES string of the molecule is C\C=C(/N=C1/CCC/C1=C(/C)Nc1ccc(C2(C(=O)O)CCC2)cc1)N1CCC(F)(F)CC1. The molecule has 1 aliphatic heterocycles. The van der Waals surface area contributed by atoms with E-state index >= 15 is 0 Å². The van der Waals surface area contributed by atoms with Gasteiger partial charge in [0, 0.05) is 43.0 Å². The van der Waals surface area contributed by atoms with Gasteiger partial charge in [0.15, 0.2) is 0 Å². The van der Waals surface area contributed by atoms with Crippen molar-refractivity contribution in [2.75, 3.05) is 18.4 Å². The van der Waals surface area contributed by atoms with Gasteiger partial charge in [-0.05, 0) is 75.3 Å². The van der Waals surface area contributed by atoms with E-state index in [4.69, 9.17) is 4.99 Å². The minimum atomic E-state index is -2.57. The molecule has 0 spiro atoms. The summed E-state index contributed by atoms with van der Waals surface area (Å²) < 4.78 is 27.1. The van der Waals surface area contributed by atoms with E-state index in [0.717, 1.165) is 54.2 Å². The number of benzene rings is 1. The zero-order valence-electron chi connectivity index (χ0n) is 19.5. The van der Waals surface area contributed by atoms with E-state index in [2.05, 4.69) is 5.32 Å². The van der Waals surface area contributed by atoms with Gasteiger partial charge in [-0.2, -0.15) is 0 Å². The maximum Gasteiger partial charge on any atom is 0.314 e. The third kappa shape index (κ3) is 4.82. The van der Waals surface area contributed by atoms with Gasteiger partial charge in [0.25, 0.3) is 5.92 Å². The van der Waals surface area contributed by atoms with Crippen LogP contribution in [0.3, 0.4) is 0 Å². The van der Waals surface area contributed by atoms with Gasteiger partial charge in [0.2, 0.25) is 0 Å². The van der Waals surface area contributed by atoms with Gasteiger partial charge < -0.3 is 15.3 Å². The fourth-order valence-corrected chi connectivity index (χ4v) is 5.10. The lowest BCUT2D eigenvalue weighted by Gasteiger charge is -2.38. The van der Waals surface area contributed by atoms with Crippen molar-refractivity contribution >= 4 is 17.4 Å². The Morgan fingerprint density at radius 2 is 1.76 bits per heavy atom. The number of carboxylic acid groups (broad SMARTS) is 1. The number of nitrogens with zero attached hydrogens (tertiary/aromatic N) is 2. The number of hydrogen-bond donors (Lipinski definition) is 2. The first kappa shape index (κ1) is 23.5. The summed E-state index contributed by atoms with van der Waals surface area (Å²) in [5, 5.41) is 13.1. The van der Waals surface area contributed by atoms with Crippen molar-refractivity contribution in [1.29, 1.82) is 0 Å². The van der Waals surface area contributed by atoms with Gasteiger partial charge >= 0.3 is 5.97 Å². The number of aliphatic carboxylic acids is 1. The normalized spacial score (nSPS) is 25.0. The van der Waals surface area contributed by atoms with E-state index in [-0.39, 0.29) is 12.8 Å². The molecule has 1 aromatic rings. The summed E-state index contributed by atoms with van der Waals surface area (Å²) in [4.78, 5) is 18.6. The Hall–Kier alpha value is -2.70. The second-order valence-corrected chi connectivity index (χ2v) is 9.45. The number of rotatable bonds is 6. The highest BCUT2D eigenvalue weighted by Crippen LogP contribution is 2.44. The van der Waals surface area contributed by atoms with Crippen LogP contribution in [0.4, 0.5) is 14.5 Å². The third-order valence-electron chi connectivity index (χ3n) is 7.35. The highest BCUT2D eigenvalue weighted by molar-refractivity contribution is 6.03. The minimum absolute atomic E-state index is 0.127. The Bertz CT molecular complexity index is 981. The number of piperidine rings is 1. The summed E-state index contributed by atoms with van der Waals surface area (Å²) in [6.07, 6.45) is 6.81. The zero-order chi connectivity index (χ0) is 23.6. The Kier molecular flexibility index (Phi) is 6.59. The number of aliphatic imine (C=N–C) groups is 1. The fraction of sp³-hybridized carbons (Fsp3) is 0.538. The molecule has 3 aliphatic rings. The quantitative estimate of drug-likeness (QED) is 0.542. The first-order valence-electron chi connectivity index (χ1n) is 11.9. The molecule has 0 aromatic heterocycles. The zero-order valence-corrected chi connectivity index (χ0v) is 19.5. The Morgan fingerprint density at radius 1 is 1.09 bits per heavy atom. The first-order chi connectivity index (χ1) is 15.7. The van der Waals surface area contributed by atoms with Crippen LogP contribution in [0.5, 0.6) is 0 Å². The van der Waals surface area contributed by atoms with Gasteiger partial charge in [-0.15, -0.1) is 0 Å². The molecule has 0 unspecified atom stereocenters. The van der Waals surface area contributed by atoms with Crippen molar-refractivity contribution in [3.05, 3.63) is 53.0 Å². The Labute approximate surface area is 194 Å². The molecule has 2 saturated carbocycles. The van der Waals surface area contributed by atoms with Gasteiger partial charge in [-0.3, -0.25) is 4.79 Å². The van der Waals surface area contributed by atoms with Crippen molar-refractivity contribution in [2.45, 2.75) is 76.6 Å². The van der Waals surface area contributed by atoms with E-state index in [1.807, 2.05) is 49.1 Å². The smallest absolute Gasteiger partial charge is 0.314 e. The van der Waals surface area contributed by atoms with Crippen LogP contribution < -0.4 is 5.32 Å². The summed E-state index contributed by atoms with van der Waals surface area (Å²) in [5.41, 5.74) is 4.27. The molecule has 1 aromatic carbocycles. The molecule has 4 rings (SSSR count). The lowest BCUT2D eigenvalue weighted by Crippen LogP contribution is -2.42. The van der Waals surface area contributed by atoms with Crippen molar-refractivity contribution in [3.8, 4) is 0 Å². The number of anilines is 1. The van der Waals surface area contributed by atoms with E-state index in [1.54, 1.807) is 0 Å². The topological polar surface area (TPSA) is 64.9 Å². The predicted molar refractivity (Wildman–Crippen MR) is 127 cm³/mol. The van der Waals surface area contributed by atoms with Crippen LogP contribution in [0.25, 0.3) is 0 Å². The highest BCUT2D eigenvalue weighted by atomic mass is 19.3. The Morgan fingerprint density at radius 3 is 2.30 bits per heavy atom. The van der Waals surface area contributed by atoms with Crippen LogP contribution >= 0.6 is 0 Å². The number of carbonyl (C=O) groups is 1. The Balaban J connectivity index is 1.48. The van der Waals surface area contributed by atoms with Crippen molar-refractivity contribution in [3.63, 3.8) is 0 Å². The average Bonchev–Trinajstić information content (AvgIpc) is 3.21. The monoisotopic (exact) mass is 457 g/mol. The maximum absolute atomic E-state index is 13.6. The molecular formula is C26H33F2N3O2. The van der Waals surface area contributed by atoms with Crippen LogP contribution in [0.2, 0.25) is 0 Å². The highest BCUT2D eigenvalue weighted by Gasteiger charge is 2.45. The number of allylic oxidation sites excluding steroid dienone is 3. The second-order valence-electron chi connectivity index (χ2n) is 9.45. The molecule has 2 aliphatic carbocycles. The minimum Gasteiger partial charge on any atom is -0.481 e. The van der Waals surface area contributed by atoms with Gasteiger partial charge in [-0.1, -0.05) is 18.6 Å². The molecule has 0 amide bonds. The summed E-state index contributed by atoms with van der Waals surface area (Å²) in [6, 6.07) is 7.72. The molecular weight excluding hydrogens is 424 g/mol. The van der Waals surface area contributed by atoms with E-state index in [0.29, 0.717) is 25.9 Å². The van der Waals surface area contributed by atoms with Crippen LogP contribution in [-0.2, 0) is 10.2 Å². The molecule has 0 atom stereocenters. The average molecular weight is 458 g/mol. The number of hydrogen-bond acceptors (Lipinski definition) is 4. The fourth-order valence-electron chi connectivity index (χ4n) is 5.10. The van der Waals surface area contributed by atoms with Crippen LogP contribution in [0.1, 0.15) is 70.8 Å². The van der Waals surface area contributed by atoms with Crippen molar-refractivity contribution in [2.24, 2.45) is 4.99 Å². The van der Waals surface area contributed by atoms with Gasteiger partial charge in [-0.25, -0.2) is 13.8 Å². The molecule has 3 fully saturated rings. The largest absolute Gasteiger partial charge is 0.481 e. The molecule has 1 heterocycles. The lowest BCUT2D eigenvalue weighted by molar-refractivity contribution is -0.147. The molecule has 33 heavy (non-hydrogen) atoms. The van der Waals surface area contributed by atoms with E-state index < -0.39 is 17.3 Å². The van der Waals surface area contributed by atoms with Crippen LogP contribution in [-0.4, -0.2) is 40.7 Å². The summed E-state index contributed by atoms with van der Waals surface area (Å²) >= 11 is 0. The van der Waals surface area contributed by atoms with Crippen LogP contribution in [0, 0.1) is 0 Å². The summed E-state index contributed by atoms with van der Waals surface area (Å²) in [7, 11) is 0. The van der Waals surface area contributed by atoms with E-state index in [9.17, 15) is 18.7 Å². The first-order valence-corrected chi connectivity index (χ1v) is 11.9. The van der Waals surface area contributed by atoms with E-state index in [1.165, 1.54) is 5.57 Å². The predicted octanol–water partition coefficient (Wildman–Crippen LogP) is 6.10. The number of alkyl halides is 2. The number of likely N-dealkylation sites (tertiary alicyclic amines) is 1. The summed E-state index contributed by atoms with van der Waals surface area (Å²) in [5.74, 6) is -2.53. The molecule has 0 radical (unpaired) electrons. The van der Waals surface area contributed by atoms with Crippen molar-refractivity contribution < 1.29 is 18.7 Å². The maximum atomic E-state index is 13.6. The number of nitrogens with one attached hydrogen (secondary N) is 1. The standard InChI is InChI=1S/C26H33F2N3O2/c1-3-23(31-16-14-26(27,28)15-17-31)30-22-7-4-6-21(22)18(2)29-20-10-8-19(9-11-20)25(24(32)33)12-5-13-25/h3,8-11,29H,4-7,12-17H2,1-2H3,(H,32,33)/b21-18+,23-3+,30-22-. The lowest BCUT2D eigenvalue weighted by atomic mass is 9.64. The van der Waals surface area contributed by atoms with Gasteiger partial charge in [0.05, 0.1) is 5.41 Å². The molecule has 5 nitrogen and oxygen atoms in total. The molecule has 178 valence electrons. The summed E-state index contributed by atoms with van der Waals surface area (Å²) in [6.45, 7) is 4.59. The van der Waals surface area contributed by atoms with Crippen molar-refractivity contribution in [1.82, 2.24) is 4.90 Å². The number of carboxylic acids is 1. The third-order valence-corrected chi connectivity index (χ3v) is 7.35. The molecule has 0 bridgehead atoms. The molecule has 2 N–H and O–H groups in total. The molecule has 1 saturated heterocycles. The molecule has 7 heteroatoms. The van der Waals surface area contributed by atoms with Crippen LogP contribution in [0.15, 0.2) is 52.4 Å². The number of halogens is 2. The van der Waals surface area contributed by atoms with Gasteiger partial charge in [0.1, 0.15) is 5.82 Å². The second kappa shape index (κ2) is 9.27.